The highest BCUT2D eigenvalue weighted by Crippen LogP contribution is 2.40. The molecular weight excluding hydrogens is 289 g/mol. The molecule has 1 fully saturated rings. The summed E-state index contributed by atoms with van der Waals surface area (Å²) >= 11 is 9.75. The van der Waals surface area contributed by atoms with E-state index in [0.717, 1.165) is 28.5 Å². The van der Waals surface area contributed by atoms with Crippen LogP contribution >= 0.6 is 27.5 Å². The Balaban J connectivity index is 1.94. The van der Waals surface area contributed by atoms with E-state index in [4.69, 9.17) is 11.6 Å². The molecule has 1 atom stereocenters. The van der Waals surface area contributed by atoms with Crippen LogP contribution in [-0.4, -0.2) is 17.3 Å². The maximum absolute atomic E-state index is 6.24. The van der Waals surface area contributed by atoms with Crippen molar-refractivity contribution >= 4 is 33.2 Å². The van der Waals surface area contributed by atoms with Gasteiger partial charge < -0.3 is 0 Å². The summed E-state index contributed by atoms with van der Waals surface area (Å²) in [5, 5.41) is 2.54. The molecule has 3 aliphatic rings. The Morgan fingerprint density at radius 1 is 1.62 bits per heavy atom. The standard InChI is InChI=1S/C11H13BrClN3/c1-6(7-2-3-7)9-4-10(13)16-11(15-9)8(12)5-14-16/h4,6-7,14H,2-3,5H2,1H3. The maximum atomic E-state index is 6.24. The van der Waals surface area contributed by atoms with Crippen LogP contribution < -0.4 is 5.43 Å². The van der Waals surface area contributed by atoms with Gasteiger partial charge in [0.2, 0.25) is 0 Å². The fourth-order valence-corrected chi connectivity index (χ4v) is 2.77. The molecular formula is C11H13BrClN3. The summed E-state index contributed by atoms with van der Waals surface area (Å²) in [4.78, 5) is 4.69. The molecule has 0 bridgehead atoms. The minimum absolute atomic E-state index is 0.518. The van der Waals surface area contributed by atoms with Gasteiger partial charge in [-0.3, -0.25) is 0 Å². The summed E-state index contributed by atoms with van der Waals surface area (Å²) < 4.78 is 1.07. The highest BCUT2D eigenvalue weighted by Gasteiger charge is 2.34. The van der Waals surface area contributed by atoms with E-state index in [0.29, 0.717) is 11.1 Å². The summed E-state index contributed by atoms with van der Waals surface area (Å²) in [7, 11) is 0. The van der Waals surface area contributed by atoms with Crippen LogP contribution in [0.5, 0.6) is 0 Å². The van der Waals surface area contributed by atoms with Crippen molar-refractivity contribution in [2.45, 2.75) is 19.8 Å². The number of fused-ring (bicyclic) bond motifs is 1. The number of allylic oxidation sites excluding steroid dienone is 1. The predicted octanol–water partition coefficient (Wildman–Crippen LogP) is 2.95. The molecule has 5 heteroatoms. The highest BCUT2D eigenvalue weighted by atomic mass is 79.9. The van der Waals surface area contributed by atoms with Crippen molar-refractivity contribution in [2.24, 2.45) is 16.8 Å². The van der Waals surface area contributed by atoms with Crippen LogP contribution in [0.2, 0.25) is 0 Å². The molecule has 0 aromatic heterocycles. The first-order valence-electron chi connectivity index (χ1n) is 5.55. The van der Waals surface area contributed by atoms with E-state index in [1.54, 1.807) is 0 Å². The Morgan fingerprint density at radius 2 is 2.38 bits per heavy atom. The molecule has 1 unspecified atom stereocenters. The average molecular weight is 303 g/mol. The number of halogens is 2. The Bertz CT molecular complexity index is 423. The Hall–Kier alpha value is -0.320. The van der Waals surface area contributed by atoms with E-state index >= 15 is 0 Å². The molecule has 3 rings (SSSR count). The number of aliphatic imine (C=N–C) groups is 1. The number of hydrogen-bond acceptors (Lipinski definition) is 3. The Morgan fingerprint density at radius 3 is 3.06 bits per heavy atom. The summed E-state index contributed by atoms with van der Waals surface area (Å²) in [6.45, 7) is 3.00. The van der Waals surface area contributed by atoms with Gasteiger partial charge in [0.05, 0.1) is 11.0 Å². The lowest BCUT2D eigenvalue weighted by Gasteiger charge is -2.24. The minimum atomic E-state index is 0.518. The van der Waals surface area contributed by atoms with Crippen LogP contribution in [0, 0.1) is 11.8 Å². The smallest absolute Gasteiger partial charge is 0.160 e. The minimum Gasteiger partial charge on any atom is -0.247 e. The average Bonchev–Trinajstić information content (AvgIpc) is 3.04. The molecule has 1 N–H and O–H groups in total. The number of nitrogens with zero attached hydrogens (tertiary/aromatic N) is 2. The summed E-state index contributed by atoms with van der Waals surface area (Å²) in [6, 6.07) is 0. The molecule has 0 amide bonds. The second-order valence-electron chi connectivity index (χ2n) is 4.53. The van der Waals surface area contributed by atoms with Gasteiger partial charge in [0.1, 0.15) is 5.16 Å². The van der Waals surface area contributed by atoms with Crippen LogP contribution in [0.4, 0.5) is 0 Å². The highest BCUT2D eigenvalue weighted by molar-refractivity contribution is 9.11. The van der Waals surface area contributed by atoms with E-state index in [1.165, 1.54) is 12.8 Å². The third-order valence-corrected chi connectivity index (χ3v) is 4.27. The van der Waals surface area contributed by atoms with Crippen molar-refractivity contribution in [1.29, 1.82) is 0 Å². The van der Waals surface area contributed by atoms with Gasteiger partial charge in [-0.25, -0.2) is 15.4 Å². The first-order chi connectivity index (χ1) is 7.66. The lowest BCUT2D eigenvalue weighted by Crippen LogP contribution is -2.32. The quantitative estimate of drug-likeness (QED) is 0.794. The molecule has 3 nitrogen and oxygen atoms in total. The molecule has 0 saturated heterocycles. The molecule has 0 aromatic rings. The van der Waals surface area contributed by atoms with E-state index in [2.05, 4.69) is 33.3 Å². The van der Waals surface area contributed by atoms with Crippen LogP contribution in [0.15, 0.2) is 26.5 Å². The van der Waals surface area contributed by atoms with Crippen LogP contribution in [0.25, 0.3) is 0 Å². The zero-order valence-electron chi connectivity index (χ0n) is 9.00. The first kappa shape index (κ1) is 10.8. The number of hydrazine groups is 1. The molecule has 1 saturated carbocycles. The summed E-state index contributed by atoms with van der Waals surface area (Å²) in [5.74, 6) is 2.24. The lowest BCUT2D eigenvalue weighted by molar-refractivity contribution is 0.370. The zero-order valence-corrected chi connectivity index (χ0v) is 11.3. The predicted molar refractivity (Wildman–Crippen MR) is 69.1 cm³/mol. The molecule has 1 aliphatic carbocycles. The third kappa shape index (κ3) is 1.73. The van der Waals surface area contributed by atoms with Crippen molar-refractivity contribution in [1.82, 2.24) is 10.4 Å². The number of nitrogens with one attached hydrogen (secondary N) is 1. The molecule has 0 radical (unpaired) electrons. The normalized spacial score (nSPS) is 26.6. The monoisotopic (exact) mass is 301 g/mol. The van der Waals surface area contributed by atoms with Crippen LogP contribution in [0.3, 0.4) is 0 Å². The van der Waals surface area contributed by atoms with E-state index < -0.39 is 0 Å². The molecule has 16 heavy (non-hydrogen) atoms. The maximum Gasteiger partial charge on any atom is 0.160 e. The second-order valence-corrected chi connectivity index (χ2v) is 5.87. The van der Waals surface area contributed by atoms with Crippen molar-refractivity contribution < 1.29 is 0 Å². The fourth-order valence-electron chi connectivity index (χ4n) is 2.12. The van der Waals surface area contributed by atoms with Crippen molar-refractivity contribution in [3.8, 4) is 0 Å². The Labute approximate surface area is 108 Å². The topological polar surface area (TPSA) is 27.6 Å². The van der Waals surface area contributed by atoms with Crippen molar-refractivity contribution in [3.05, 3.63) is 21.5 Å². The van der Waals surface area contributed by atoms with Gasteiger partial charge in [-0.2, -0.15) is 0 Å². The first-order valence-corrected chi connectivity index (χ1v) is 6.72. The van der Waals surface area contributed by atoms with Gasteiger partial charge in [-0.1, -0.05) is 34.5 Å². The van der Waals surface area contributed by atoms with Crippen molar-refractivity contribution in [3.63, 3.8) is 0 Å². The fraction of sp³-hybridized carbons (Fsp3) is 0.545. The summed E-state index contributed by atoms with van der Waals surface area (Å²) in [5.41, 5.74) is 4.28. The van der Waals surface area contributed by atoms with Gasteiger partial charge in [0.15, 0.2) is 5.82 Å². The van der Waals surface area contributed by atoms with E-state index in [9.17, 15) is 0 Å². The SMILES string of the molecule is CC(C1=NC2=C(Br)CNN2C(Cl)=C1)C1CC1. The number of rotatable bonds is 2. The van der Waals surface area contributed by atoms with Crippen molar-refractivity contribution in [2.75, 3.05) is 6.54 Å². The van der Waals surface area contributed by atoms with Gasteiger partial charge in [-0.15, -0.1) is 0 Å². The largest absolute Gasteiger partial charge is 0.247 e. The molecule has 0 spiro atoms. The molecule has 0 aromatic carbocycles. The third-order valence-electron chi connectivity index (χ3n) is 3.36. The van der Waals surface area contributed by atoms with Crippen LogP contribution in [0.1, 0.15) is 19.8 Å². The second kappa shape index (κ2) is 3.86. The molecule has 2 heterocycles. The molecule has 2 aliphatic heterocycles. The Kier molecular flexibility index (Phi) is 2.61. The summed E-state index contributed by atoms with van der Waals surface area (Å²) in [6.07, 6.45) is 4.63. The van der Waals surface area contributed by atoms with Gasteiger partial charge in [0, 0.05) is 11.6 Å². The lowest BCUT2D eigenvalue weighted by atomic mass is 9.99. The van der Waals surface area contributed by atoms with E-state index in [-0.39, 0.29) is 0 Å². The van der Waals surface area contributed by atoms with Crippen LogP contribution in [-0.2, 0) is 0 Å². The zero-order chi connectivity index (χ0) is 11.3. The van der Waals surface area contributed by atoms with Gasteiger partial charge in [-0.05, 0) is 24.8 Å². The van der Waals surface area contributed by atoms with E-state index in [1.807, 2.05) is 11.1 Å². The number of hydrogen-bond donors (Lipinski definition) is 1. The molecule has 86 valence electrons. The van der Waals surface area contributed by atoms with Gasteiger partial charge >= 0.3 is 0 Å². The van der Waals surface area contributed by atoms with Gasteiger partial charge in [0.25, 0.3) is 0 Å².